The van der Waals surface area contributed by atoms with Crippen molar-refractivity contribution in [1.82, 2.24) is 14.9 Å². The van der Waals surface area contributed by atoms with Crippen molar-refractivity contribution in [2.24, 2.45) is 16.9 Å². The maximum absolute atomic E-state index is 14.6. The Bertz CT molecular complexity index is 1850. The number of aliphatic hydroxyl groups is 1. The molecule has 2 heterocycles. The first-order chi connectivity index (χ1) is 22.3. The third-order valence-electron chi connectivity index (χ3n) is 8.82. The lowest BCUT2D eigenvalue weighted by Gasteiger charge is -2.57. The van der Waals surface area contributed by atoms with E-state index in [1.807, 2.05) is 0 Å². The van der Waals surface area contributed by atoms with Gasteiger partial charge in [0, 0.05) is 11.6 Å². The van der Waals surface area contributed by atoms with E-state index in [4.69, 9.17) is 20.9 Å². The molecule has 3 amide bonds. The number of carbonyl (C=O) groups excluding carboxylic acids is 3. The van der Waals surface area contributed by atoms with E-state index in [1.165, 1.54) is 18.3 Å². The molecule has 4 aromatic rings. The number of benzene rings is 2. The molecular weight excluding hydrogens is 605 g/mol. The number of amides is 3. The third kappa shape index (κ3) is 7.22. The quantitative estimate of drug-likeness (QED) is 0.183. The van der Waals surface area contributed by atoms with Gasteiger partial charge in [-0.05, 0) is 85.9 Å². The summed E-state index contributed by atoms with van der Waals surface area (Å²) < 4.78 is 28.2. The maximum Gasteiger partial charge on any atom is 0.255 e. The average Bonchev–Trinajstić information content (AvgIpc) is 3.38. The lowest BCUT2D eigenvalue weighted by molar-refractivity contribution is -0.118. The van der Waals surface area contributed by atoms with Gasteiger partial charge < -0.3 is 31.4 Å². The molecule has 47 heavy (non-hydrogen) atoms. The summed E-state index contributed by atoms with van der Waals surface area (Å²) in [6.45, 7) is 3.44. The molecule has 0 radical (unpaired) electrons. The summed E-state index contributed by atoms with van der Waals surface area (Å²) in [5.41, 5.74) is 13.1. The Hall–Kier alpha value is -4.97. The van der Waals surface area contributed by atoms with E-state index < -0.39 is 23.2 Å². The number of aromatic nitrogens is 2. The first kappa shape index (κ1) is 32.0. The average molecular weight is 644 g/mol. The van der Waals surface area contributed by atoms with Gasteiger partial charge in [0.05, 0.1) is 48.0 Å². The Labute approximate surface area is 271 Å². The summed E-state index contributed by atoms with van der Waals surface area (Å²) in [5, 5.41) is 17.3. The minimum absolute atomic E-state index is 0.00617. The number of hydrogen-bond donors (Lipinski definition) is 4. The molecule has 0 atom stereocenters. The van der Waals surface area contributed by atoms with Crippen molar-refractivity contribution in [3.63, 3.8) is 0 Å². The first-order valence-corrected chi connectivity index (χ1v) is 15.5. The largest absolute Gasteiger partial charge is 0.490 e. The number of pyridine rings is 1. The van der Waals surface area contributed by atoms with Crippen molar-refractivity contribution >= 4 is 23.2 Å². The number of nitrogens with one attached hydrogen (secondary N) is 1. The van der Waals surface area contributed by atoms with E-state index in [0.717, 1.165) is 25.7 Å². The number of nitrogens with two attached hydrogens (primary N) is 2. The summed E-state index contributed by atoms with van der Waals surface area (Å²) in [6, 6.07) is 13.5. The number of halogens is 1. The molecule has 2 aromatic carbocycles. The van der Waals surface area contributed by atoms with Crippen molar-refractivity contribution in [2.45, 2.75) is 70.1 Å². The van der Waals surface area contributed by atoms with E-state index >= 15 is 0 Å². The van der Waals surface area contributed by atoms with Crippen molar-refractivity contribution in [2.75, 3.05) is 6.61 Å². The lowest BCUT2D eigenvalue weighted by atomic mass is 9.53. The molecule has 2 saturated carbocycles. The summed E-state index contributed by atoms with van der Waals surface area (Å²) in [7, 11) is 0. The fraction of sp³-hybridized carbons (Fsp3) is 0.371. The van der Waals surface area contributed by atoms with Gasteiger partial charge in [0.2, 0.25) is 11.8 Å². The predicted molar refractivity (Wildman–Crippen MR) is 171 cm³/mol. The van der Waals surface area contributed by atoms with E-state index in [9.17, 15) is 23.9 Å². The highest BCUT2D eigenvalue weighted by Crippen LogP contribution is 2.57. The Balaban J connectivity index is 1.05. The summed E-state index contributed by atoms with van der Waals surface area (Å²) in [5.74, 6) is -0.758. The number of hydrogen-bond acceptors (Lipinski definition) is 7. The second-order valence-corrected chi connectivity index (χ2v) is 13.5. The molecule has 6 rings (SSSR count). The van der Waals surface area contributed by atoms with Gasteiger partial charge >= 0.3 is 0 Å². The molecular formula is C35H38FN5O6. The lowest BCUT2D eigenvalue weighted by Crippen LogP contribution is -2.58. The number of rotatable bonds is 12. The smallest absolute Gasteiger partial charge is 0.255 e. The minimum Gasteiger partial charge on any atom is -0.490 e. The Morgan fingerprint density at radius 2 is 1.66 bits per heavy atom. The Kier molecular flexibility index (Phi) is 8.39. The first-order valence-electron chi connectivity index (χ1n) is 15.5. The van der Waals surface area contributed by atoms with Crippen LogP contribution in [0.15, 0.2) is 60.9 Å². The van der Waals surface area contributed by atoms with Crippen LogP contribution in [0.2, 0.25) is 0 Å². The molecule has 2 fully saturated rings. The SMILES string of the molecule is CC(C)(O)COc1ccc2c(C(=O)NC3CC4(C3)CC(Oc3cc(-c5ccc(CC(N)=O)c(F)c5)ccc3CC(N)=O)C4)cnn2c1. The van der Waals surface area contributed by atoms with Crippen molar-refractivity contribution in [1.29, 1.82) is 0 Å². The van der Waals surface area contributed by atoms with Gasteiger partial charge in [-0.1, -0.05) is 24.3 Å². The van der Waals surface area contributed by atoms with Gasteiger partial charge in [0.25, 0.3) is 5.91 Å². The summed E-state index contributed by atoms with van der Waals surface area (Å²) in [6.07, 6.45) is 6.23. The van der Waals surface area contributed by atoms with Crippen LogP contribution in [0, 0.1) is 11.2 Å². The van der Waals surface area contributed by atoms with Crippen molar-refractivity contribution < 1.29 is 33.4 Å². The fourth-order valence-corrected chi connectivity index (χ4v) is 6.57. The zero-order chi connectivity index (χ0) is 33.5. The van der Waals surface area contributed by atoms with Crippen LogP contribution < -0.4 is 26.3 Å². The Morgan fingerprint density at radius 3 is 2.32 bits per heavy atom. The number of nitrogens with zero attached hydrogens (tertiary/aromatic N) is 2. The highest BCUT2D eigenvalue weighted by atomic mass is 19.1. The van der Waals surface area contributed by atoms with Crippen LogP contribution >= 0.6 is 0 Å². The van der Waals surface area contributed by atoms with Crippen molar-refractivity contribution in [3.8, 4) is 22.6 Å². The molecule has 12 heteroatoms. The second kappa shape index (κ2) is 12.3. The molecule has 6 N–H and O–H groups in total. The number of ether oxygens (including phenoxy) is 2. The Morgan fingerprint density at radius 1 is 1.00 bits per heavy atom. The van der Waals surface area contributed by atoms with Gasteiger partial charge in [-0.15, -0.1) is 0 Å². The van der Waals surface area contributed by atoms with Crippen molar-refractivity contribution in [3.05, 3.63) is 83.4 Å². The monoisotopic (exact) mass is 643 g/mol. The normalized spacial score (nSPS) is 20.3. The summed E-state index contributed by atoms with van der Waals surface area (Å²) in [4.78, 5) is 36.1. The fourth-order valence-electron chi connectivity index (χ4n) is 6.57. The van der Waals surface area contributed by atoms with Crippen LogP contribution in [-0.4, -0.2) is 56.8 Å². The highest BCUT2D eigenvalue weighted by molar-refractivity contribution is 6.00. The number of primary amides is 2. The van der Waals surface area contributed by atoms with Gasteiger partial charge in [-0.3, -0.25) is 14.4 Å². The van der Waals surface area contributed by atoms with Crippen LogP contribution in [0.4, 0.5) is 4.39 Å². The molecule has 0 unspecified atom stereocenters. The van der Waals surface area contributed by atoms with Crippen LogP contribution in [0.5, 0.6) is 11.5 Å². The highest BCUT2D eigenvalue weighted by Gasteiger charge is 2.54. The van der Waals surface area contributed by atoms with Crippen LogP contribution in [0.1, 0.15) is 61.0 Å². The number of carbonyl (C=O) groups is 3. The summed E-state index contributed by atoms with van der Waals surface area (Å²) >= 11 is 0. The van der Waals surface area contributed by atoms with Gasteiger partial charge in [0.1, 0.15) is 23.9 Å². The molecule has 2 aromatic heterocycles. The van der Waals surface area contributed by atoms with Crippen LogP contribution in [0.25, 0.3) is 16.6 Å². The molecule has 2 aliphatic carbocycles. The van der Waals surface area contributed by atoms with Gasteiger partial charge in [0.15, 0.2) is 0 Å². The predicted octanol–water partition coefficient (Wildman–Crippen LogP) is 3.47. The van der Waals surface area contributed by atoms with Crippen LogP contribution in [-0.2, 0) is 22.4 Å². The minimum atomic E-state index is -0.971. The standard InChI is InChI=1S/C35H38FN5O6/c1-34(2,45)19-46-25-7-8-29-27(17-39-41(29)18-25)33(44)40-24-13-35(14-24)15-26(16-35)47-30-10-21(4-6-23(30)12-32(38)43)20-3-5-22(11-31(37)42)28(36)9-20/h3-10,17-18,24,26,45H,11-16,19H2,1-2H3,(H2,37,42)(H2,38,43)(H,40,44). The molecule has 246 valence electrons. The zero-order valence-electron chi connectivity index (χ0n) is 26.3. The van der Waals surface area contributed by atoms with E-state index in [1.54, 1.807) is 61.0 Å². The third-order valence-corrected chi connectivity index (χ3v) is 8.82. The van der Waals surface area contributed by atoms with E-state index in [2.05, 4.69) is 10.4 Å². The van der Waals surface area contributed by atoms with Crippen LogP contribution in [0.3, 0.4) is 0 Å². The molecule has 0 saturated heterocycles. The number of fused-ring (bicyclic) bond motifs is 1. The van der Waals surface area contributed by atoms with Gasteiger partial charge in [-0.2, -0.15) is 5.10 Å². The topological polar surface area (TPSA) is 171 Å². The van der Waals surface area contributed by atoms with E-state index in [-0.39, 0.29) is 48.5 Å². The second-order valence-electron chi connectivity index (χ2n) is 13.5. The molecule has 1 spiro atoms. The maximum atomic E-state index is 14.6. The molecule has 0 aliphatic heterocycles. The zero-order valence-corrected chi connectivity index (χ0v) is 26.3. The van der Waals surface area contributed by atoms with Gasteiger partial charge in [-0.25, -0.2) is 8.91 Å². The molecule has 0 bridgehead atoms. The molecule has 2 aliphatic rings. The molecule has 11 nitrogen and oxygen atoms in total. The van der Waals surface area contributed by atoms with E-state index in [0.29, 0.717) is 39.3 Å².